The Morgan fingerprint density at radius 3 is 2.52 bits per heavy atom. The number of fused-ring (bicyclic) bond motifs is 2. The van der Waals surface area contributed by atoms with E-state index < -0.39 is 0 Å². The van der Waals surface area contributed by atoms with E-state index in [9.17, 15) is 14.4 Å². The average Bonchev–Trinajstić information content (AvgIpc) is 3.51. The molecule has 2 aromatic heterocycles. The Labute approximate surface area is 180 Å². The molecule has 2 aromatic rings. The number of piperidine rings is 1. The standard InChI is InChI=1S/C23H29N5O3/c29-21(14-4-3-5-14)26-11-9-17-16(13-26)23(31)28-20(24-17)12-18(25-28)19-6-1-2-10-27(19)22(30)15-7-8-15/h12,14-15,19,25H,1-11,13H2. The molecule has 1 N–H and O–H groups in total. The van der Waals surface area contributed by atoms with Crippen molar-refractivity contribution < 1.29 is 9.59 Å². The summed E-state index contributed by atoms with van der Waals surface area (Å²) in [6.45, 7) is 1.77. The lowest BCUT2D eigenvalue weighted by molar-refractivity contribution is -0.139. The van der Waals surface area contributed by atoms with E-state index in [0.717, 1.165) is 69.3 Å². The SMILES string of the molecule is O=C(C1CCC1)N1CCc2nc3cc(C4CCCCN4C(=O)C4CC4)[nH]n3c(=O)c2C1. The van der Waals surface area contributed by atoms with Crippen molar-refractivity contribution in [3.05, 3.63) is 33.4 Å². The predicted molar refractivity (Wildman–Crippen MR) is 113 cm³/mol. The van der Waals surface area contributed by atoms with E-state index in [2.05, 4.69) is 5.10 Å². The van der Waals surface area contributed by atoms with E-state index in [4.69, 9.17) is 4.98 Å². The van der Waals surface area contributed by atoms with Crippen LogP contribution in [0, 0.1) is 11.8 Å². The molecule has 4 heterocycles. The van der Waals surface area contributed by atoms with Gasteiger partial charge in [-0.05, 0) is 44.9 Å². The maximum absolute atomic E-state index is 13.3. The molecule has 0 spiro atoms. The van der Waals surface area contributed by atoms with Crippen LogP contribution in [0.5, 0.6) is 0 Å². The number of hydrogen-bond acceptors (Lipinski definition) is 4. The minimum absolute atomic E-state index is 0.0170. The van der Waals surface area contributed by atoms with Crippen LogP contribution >= 0.6 is 0 Å². The summed E-state index contributed by atoms with van der Waals surface area (Å²) in [7, 11) is 0. The molecule has 1 saturated heterocycles. The maximum Gasteiger partial charge on any atom is 0.277 e. The highest BCUT2D eigenvalue weighted by atomic mass is 16.2. The first-order valence-corrected chi connectivity index (χ1v) is 11.8. The minimum atomic E-state index is -0.117. The van der Waals surface area contributed by atoms with E-state index in [1.807, 2.05) is 15.9 Å². The van der Waals surface area contributed by atoms with Crippen LogP contribution in [0.25, 0.3) is 5.65 Å². The van der Waals surface area contributed by atoms with Gasteiger partial charge >= 0.3 is 0 Å². The number of carbonyl (C=O) groups excluding carboxylic acids is 2. The molecule has 0 aromatic carbocycles. The minimum Gasteiger partial charge on any atom is -0.337 e. The van der Waals surface area contributed by atoms with Gasteiger partial charge in [0.25, 0.3) is 5.56 Å². The monoisotopic (exact) mass is 423 g/mol. The van der Waals surface area contributed by atoms with Gasteiger partial charge in [0.05, 0.1) is 29.5 Å². The molecule has 164 valence electrons. The van der Waals surface area contributed by atoms with E-state index in [1.54, 1.807) is 0 Å². The molecule has 31 heavy (non-hydrogen) atoms. The van der Waals surface area contributed by atoms with Gasteiger partial charge in [0.2, 0.25) is 11.8 Å². The maximum atomic E-state index is 13.3. The molecule has 6 rings (SSSR count). The zero-order chi connectivity index (χ0) is 21.1. The molecule has 8 heteroatoms. The quantitative estimate of drug-likeness (QED) is 0.819. The molecule has 2 aliphatic heterocycles. The third kappa shape index (κ3) is 3.18. The molecule has 0 radical (unpaired) electrons. The first kappa shape index (κ1) is 19.1. The first-order chi connectivity index (χ1) is 15.1. The topological polar surface area (TPSA) is 90.8 Å². The molecule has 2 aliphatic carbocycles. The number of aromatic nitrogens is 3. The molecule has 3 fully saturated rings. The fourth-order valence-corrected chi connectivity index (χ4v) is 5.36. The Hall–Kier alpha value is -2.64. The highest BCUT2D eigenvalue weighted by Gasteiger charge is 2.38. The van der Waals surface area contributed by atoms with E-state index >= 15 is 0 Å². The van der Waals surface area contributed by atoms with Crippen LogP contribution in [0.15, 0.2) is 10.9 Å². The van der Waals surface area contributed by atoms with Crippen LogP contribution in [0.1, 0.15) is 74.4 Å². The van der Waals surface area contributed by atoms with Gasteiger partial charge < -0.3 is 9.80 Å². The van der Waals surface area contributed by atoms with Gasteiger partial charge in [-0.1, -0.05) is 6.42 Å². The molecule has 2 amide bonds. The summed E-state index contributed by atoms with van der Waals surface area (Å²) in [5.74, 6) is 0.773. The lowest BCUT2D eigenvalue weighted by Gasteiger charge is -2.35. The van der Waals surface area contributed by atoms with Gasteiger partial charge in [-0.2, -0.15) is 0 Å². The van der Waals surface area contributed by atoms with Gasteiger partial charge in [-0.3, -0.25) is 19.5 Å². The third-order valence-corrected chi connectivity index (χ3v) is 7.62. The van der Waals surface area contributed by atoms with Crippen molar-refractivity contribution in [3.8, 4) is 0 Å². The summed E-state index contributed by atoms with van der Waals surface area (Å²) in [6.07, 6.45) is 8.69. The second-order valence-corrected chi connectivity index (χ2v) is 9.70. The molecular weight excluding hydrogens is 394 g/mol. The highest BCUT2D eigenvalue weighted by Crippen LogP contribution is 2.37. The summed E-state index contributed by atoms with van der Waals surface area (Å²) in [5, 5.41) is 3.26. The van der Waals surface area contributed by atoms with Crippen LogP contribution in [0.4, 0.5) is 0 Å². The number of hydrogen-bond donors (Lipinski definition) is 1. The van der Waals surface area contributed by atoms with Crippen LogP contribution in [-0.2, 0) is 22.6 Å². The van der Waals surface area contributed by atoms with Crippen molar-refractivity contribution in [1.29, 1.82) is 0 Å². The molecule has 1 atom stereocenters. The molecule has 2 saturated carbocycles. The lowest BCUT2D eigenvalue weighted by Crippen LogP contribution is -2.44. The zero-order valence-corrected chi connectivity index (χ0v) is 17.8. The van der Waals surface area contributed by atoms with Crippen molar-refractivity contribution in [2.45, 2.75) is 70.4 Å². The van der Waals surface area contributed by atoms with Crippen molar-refractivity contribution in [2.24, 2.45) is 11.8 Å². The third-order valence-electron chi connectivity index (χ3n) is 7.62. The van der Waals surface area contributed by atoms with Gasteiger partial charge in [0, 0.05) is 37.4 Å². The number of amides is 2. The lowest BCUT2D eigenvalue weighted by atomic mass is 9.84. The van der Waals surface area contributed by atoms with E-state index in [-0.39, 0.29) is 35.3 Å². The van der Waals surface area contributed by atoms with Gasteiger partial charge in [-0.25, -0.2) is 9.50 Å². The fourth-order valence-electron chi connectivity index (χ4n) is 5.36. The Kier molecular flexibility index (Phi) is 4.43. The van der Waals surface area contributed by atoms with E-state index in [0.29, 0.717) is 30.7 Å². The zero-order valence-electron chi connectivity index (χ0n) is 17.8. The Bertz CT molecular complexity index is 1110. The summed E-state index contributed by atoms with van der Waals surface area (Å²) in [4.78, 5) is 47.4. The summed E-state index contributed by atoms with van der Waals surface area (Å²) >= 11 is 0. The van der Waals surface area contributed by atoms with Crippen LogP contribution < -0.4 is 5.56 Å². The number of aromatic amines is 1. The Morgan fingerprint density at radius 2 is 1.77 bits per heavy atom. The number of rotatable bonds is 3. The summed E-state index contributed by atoms with van der Waals surface area (Å²) in [6, 6.07) is 1.92. The molecule has 1 unspecified atom stereocenters. The number of likely N-dealkylation sites (tertiary alicyclic amines) is 1. The normalized spacial score (nSPS) is 24.2. The number of nitrogens with one attached hydrogen (secondary N) is 1. The number of nitrogens with zero attached hydrogens (tertiary/aromatic N) is 4. The van der Waals surface area contributed by atoms with Crippen molar-refractivity contribution >= 4 is 17.5 Å². The van der Waals surface area contributed by atoms with Crippen LogP contribution in [-0.4, -0.2) is 49.3 Å². The Balaban J connectivity index is 1.32. The van der Waals surface area contributed by atoms with Gasteiger partial charge in [0.1, 0.15) is 0 Å². The van der Waals surface area contributed by atoms with E-state index in [1.165, 1.54) is 4.52 Å². The second kappa shape index (κ2) is 7.21. The Morgan fingerprint density at radius 1 is 0.968 bits per heavy atom. The predicted octanol–water partition coefficient (Wildman–Crippen LogP) is 2.17. The highest BCUT2D eigenvalue weighted by molar-refractivity contribution is 5.81. The molecule has 8 nitrogen and oxygen atoms in total. The van der Waals surface area contributed by atoms with Gasteiger partial charge in [-0.15, -0.1) is 0 Å². The second-order valence-electron chi connectivity index (χ2n) is 9.70. The molecular formula is C23H29N5O3. The number of carbonyl (C=O) groups is 2. The van der Waals surface area contributed by atoms with Crippen LogP contribution in [0.3, 0.4) is 0 Å². The average molecular weight is 424 g/mol. The molecule has 0 bridgehead atoms. The fraction of sp³-hybridized carbons (Fsp3) is 0.652. The largest absolute Gasteiger partial charge is 0.337 e. The summed E-state index contributed by atoms with van der Waals surface area (Å²) < 4.78 is 1.51. The molecule has 4 aliphatic rings. The van der Waals surface area contributed by atoms with Crippen molar-refractivity contribution in [1.82, 2.24) is 24.4 Å². The smallest absolute Gasteiger partial charge is 0.277 e. The van der Waals surface area contributed by atoms with Crippen molar-refractivity contribution in [3.63, 3.8) is 0 Å². The first-order valence-electron chi connectivity index (χ1n) is 11.8. The van der Waals surface area contributed by atoms with Crippen molar-refractivity contribution in [2.75, 3.05) is 13.1 Å². The van der Waals surface area contributed by atoms with Gasteiger partial charge in [0.15, 0.2) is 5.65 Å². The van der Waals surface area contributed by atoms with Crippen LogP contribution in [0.2, 0.25) is 0 Å². The summed E-state index contributed by atoms with van der Waals surface area (Å²) in [5.41, 5.74) is 2.82. The number of H-pyrrole nitrogens is 1.